The molecule has 0 unspecified atom stereocenters. The van der Waals surface area contributed by atoms with E-state index in [2.05, 4.69) is 0 Å². The number of methoxy groups -OCH3 is 2. The summed E-state index contributed by atoms with van der Waals surface area (Å²) < 4.78 is 37.5. The predicted octanol–water partition coefficient (Wildman–Crippen LogP) is 3.15. The van der Waals surface area contributed by atoms with Crippen LogP contribution in [0.5, 0.6) is 11.5 Å². The molecule has 0 aliphatic carbocycles. The Balaban J connectivity index is 2.51. The lowest BCUT2D eigenvalue weighted by Crippen LogP contribution is -2.27. The van der Waals surface area contributed by atoms with Crippen molar-refractivity contribution < 1.29 is 17.9 Å². The molecule has 2 rings (SSSR count). The van der Waals surface area contributed by atoms with E-state index < -0.39 is 10.0 Å². The second-order valence-electron chi connectivity index (χ2n) is 5.28. The number of sulfonamides is 1. The summed E-state index contributed by atoms with van der Waals surface area (Å²) in [6, 6.07) is 10.2. The van der Waals surface area contributed by atoms with E-state index in [0.29, 0.717) is 17.2 Å². The molecule has 0 aromatic heterocycles. The number of hydrogen-bond acceptors (Lipinski definition) is 4. The Bertz CT molecular complexity index is 815. The minimum absolute atomic E-state index is 0.210. The highest BCUT2D eigenvalue weighted by Gasteiger charge is 2.24. The molecule has 2 aromatic rings. The summed E-state index contributed by atoms with van der Waals surface area (Å²) in [6.45, 7) is 3.71. The lowest BCUT2D eigenvalue weighted by atomic mass is 10.2. The third-order valence-electron chi connectivity index (χ3n) is 3.70. The molecule has 0 N–H and O–H groups in total. The van der Waals surface area contributed by atoms with Gasteiger partial charge in [0.15, 0.2) is 0 Å². The maximum absolute atomic E-state index is 12.9. The average Bonchev–Trinajstić information content (AvgIpc) is 2.53. The van der Waals surface area contributed by atoms with E-state index in [1.807, 2.05) is 19.9 Å². The van der Waals surface area contributed by atoms with Gasteiger partial charge < -0.3 is 9.47 Å². The van der Waals surface area contributed by atoms with Gasteiger partial charge in [-0.15, -0.1) is 0 Å². The van der Waals surface area contributed by atoms with Crippen molar-refractivity contribution in [2.75, 3.05) is 25.6 Å². The van der Waals surface area contributed by atoms with Gasteiger partial charge in [-0.05, 0) is 55.3 Å². The SMILES string of the molecule is COc1ccc(S(=O)(=O)N(C)c2cc(C)ccc2OC)cc1C. The second-order valence-corrected chi connectivity index (χ2v) is 7.25. The van der Waals surface area contributed by atoms with Crippen LogP contribution in [0.4, 0.5) is 5.69 Å². The van der Waals surface area contributed by atoms with E-state index in [9.17, 15) is 8.42 Å². The smallest absolute Gasteiger partial charge is 0.264 e. The first-order valence-electron chi connectivity index (χ1n) is 7.09. The van der Waals surface area contributed by atoms with Crippen LogP contribution in [0.15, 0.2) is 41.3 Å². The quantitative estimate of drug-likeness (QED) is 0.842. The van der Waals surface area contributed by atoms with E-state index in [-0.39, 0.29) is 4.90 Å². The van der Waals surface area contributed by atoms with Crippen molar-refractivity contribution in [3.05, 3.63) is 47.5 Å². The number of aryl methyl sites for hydroxylation is 2. The van der Waals surface area contributed by atoms with Crippen molar-refractivity contribution in [1.29, 1.82) is 0 Å². The van der Waals surface area contributed by atoms with Crippen molar-refractivity contribution in [2.24, 2.45) is 0 Å². The van der Waals surface area contributed by atoms with Crippen LogP contribution in [0.1, 0.15) is 11.1 Å². The molecule has 0 saturated heterocycles. The maximum Gasteiger partial charge on any atom is 0.264 e. The monoisotopic (exact) mass is 335 g/mol. The van der Waals surface area contributed by atoms with E-state index in [1.54, 1.807) is 37.4 Å². The zero-order valence-corrected chi connectivity index (χ0v) is 14.8. The van der Waals surface area contributed by atoms with Gasteiger partial charge in [0.05, 0.1) is 24.8 Å². The van der Waals surface area contributed by atoms with E-state index in [1.165, 1.54) is 18.5 Å². The highest BCUT2D eigenvalue weighted by atomic mass is 32.2. The summed E-state index contributed by atoms with van der Waals surface area (Å²) in [5.74, 6) is 1.16. The van der Waals surface area contributed by atoms with Gasteiger partial charge in [0, 0.05) is 7.05 Å². The molecule has 0 spiro atoms. The van der Waals surface area contributed by atoms with Crippen LogP contribution in [-0.2, 0) is 10.0 Å². The summed E-state index contributed by atoms with van der Waals surface area (Å²) in [7, 11) is 0.905. The number of benzene rings is 2. The average molecular weight is 335 g/mol. The zero-order chi connectivity index (χ0) is 17.2. The van der Waals surface area contributed by atoms with Crippen molar-refractivity contribution in [3.63, 3.8) is 0 Å². The van der Waals surface area contributed by atoms with E-state index in [0.717, 1.165) is 11.1 Å². The standard InChI is InChI=1S/C17H21NO4S/c1-12-6-8-17(22-5)15(10-12)18(3)23(19,20)14-7-9-16(21-4)13(2)11-14/h6-11H,1-5H3. The Morgan fingerprint density at radius 1 is 0.913 bits per heavy atom. The largest absolute Gasteiger partial charge is 0.496 e. The molecule has 5 nitrogen and oxygen atoms in total. The molecule has 6 heteroatoms. The Morgan fingerprint density at radius 3 is 2.09 bits per heavy atom. The minimum Gasteiger partial charge on any atom is -0.496 e. The maximum atomic E-state index is 12.9. The van der Waals surface area contributed by atoms with Gasteiger partial charge in [0.1, 0.15) is 11.5 Å². The first-order chi connectivity index (χ1) is 10.8. The van der Waals surface area contributed by atoms with Crippen LogP contribution in [0.25, 0.3) is 0 Å². The van der Waals surface area contributed by atoms with Gasteiger partial charge in [0.25, 0.3) is 10.0 Å². The number of anilines is 1. The summed E-state index contributed by atoms with van der Waals surface area (Å²) in [5, 5.41) is 0. The fourth-order valence-corrected chi connectivity index (χ4v) is 3.63. The first-order valence-corrected chi connectivity index (χ1v) is 8.53. The lowest BCUT2D eigenvalue weighted by Gasteiger charge is -2.22. The van der Waals surface area contributed by atoms with Gasteiger partial charge >= 0.3 is 0 Å². The molecule has 124 valence electrons. The summed E-state index contributed by atoms with van der Waals surface area (Å²) >= 11 is 0. The normalized spacial score (nSPS) is 11.2. The molecule has 0 fully saturated rings. The highest BCUT2D eigenvalue weighted by molar-refractivity contribution is 7.92. The predicted molar refractivity (Wildman–Crippen MR) is 91.1 cm³/mol. The molecule has 0 heterocycles. The van der Waals surface area contributed by atoms with Crippen LogP contribution < -0.4 is 13.8 Å². The van der Waals surface area contributed by atoms with Crippen molar-refractivity contribution >= 4 is 15.7 Å². The summed E-state index contributed by atoms with van der Waals surface area (Å²) in [6.07, 6.45) is 0. The fraction of sp³-hybridized carbons (Fsp3) is 0.294. The molecule has 23 heavy (non-hydrogen) atoms. The highest BCUT2D eigenvalue weighted by Crippen LogP contribution is 2.33. The third-order valence-corrected chi connectivity index (χ3v) is 5.47. The molecule has 0 aliphatic heterocycles. The molecular formula is C17H21NO4S. The van der Waals surface area contributed by atoms with Gasteiger partial charge in [-0.2, -0.15) is 0 Å². The zero-order valence-electron chi connectivity index (χ0n) is 14.0. The van der Waals surface area contributed by atoms with Gasteiger partial charge in [-0.3, -0.25) is 4.31 Å². The Kier molecular flexibility index (Phi) is 4.85. The summed E-state index contributed by atoms with van der Waals surface area (Å²) in [5.41, 5.74) is 2.22. The molecule has 0 bridgehead atoms. The topological polar surface area (TPSA) is 55.8 Å². The molecule has 2 aromatic carbocycles. The Morgan fingerprint density at radius 2 is 1.52 bits per heavy atom. The molecule has 0 atom stereocenters. The van der Waals surface area contributed by atoms with Crippen molar-refractivity contribution in [2.45, 2.75) is 18.7 Å². The first kappa shape index (κ1) is 17.1. The fourth-order valence-electron chi connectivity index (χ4n) is 2.35. The molecule has 0 aliphatic rings. The number of hydrogen-bond donors (Lipinski definition) is 0. The second kappa shape index (κ2) is 6.50. The van der Waals surface area contributed by atoms with Crippen LogP contribution in [0.2, 0.25) is 0 Å². The van der Waals surface area contributed by atoms with Gasteiger partial charge in [-0.25, -0.2) is 8.42 Å². The minimum atomic E-state index is -3.69. The molecule has 0 saturated carbocycles. The van der Waals surface area contributed by atoms with Crippen LogP contribution in [0.3, 0.4) is 0 Å². The lowest BCUT2D eigenvalue weighted by molar-refractivity contribution is 0.411. The molecular weight excluding hydrogens is 314 g/mol. The van der Waals surface area contributed by atoms with Crippen molar-refractivity contribution in [3.8, 4) is 11.5 Å². The summed E-state index contributed by atoms with van der Waals surface area (Å²) in [4.78, 5) is 0.210. The Hall–Kier alpha value is -2.21. The van der Waals surface area contributed by atoms with E-state index >= 15 is 0 Å². The number of ether oxygens (including phenoxy) is 2. The van der Waals surface area contributed by atoms with Gasteiger partial charge in [-0.1, -0.05) is 6.07 Å². The molecule has 0 radical (unpaired) electrons. The Labute approximate surface area is 137 Å². The van der Waals surface area contributed by atoms with Crippen LogP contribution in [-0.4, -0.2) is 29.7 Å². The van der Waals surface area contributed by atoms with E-state index in [4.69, 9.17) is 9.47 Å². The van der Waals surface area contributed by atoms with Crippen LogP contribution in [0, 0.1) is 13.8 Å². The number of nitrogens with zero attached hydrogens (tertiary/aromatic N) is 1. The molecule has 0 amide bonds. The van der Waals surface area contributed by atoms with Gasteiger partial charge in [0.2, 0.25) is 0 Å². The van der Waals surface area contributed by atoms with Crippen molar-refractivity contribution in [1.82, 2.24) is 0 Å². The number of rotatable bonds is 5. The third kappa shape index (κ3) is 3.27. The van der Waals surface area contributed by atoms with Crippen LogP contribution >= 0.6 is 0 Å².